The van der Waals surface area contributed by atoms with Crippen molar-refractivity contribution in [3.05, 3.63) is 47.5 Å². The summed E-state index contributed by atoms with van der Waals surface area (Å²) in [7, 11) is 0. The molecule has 0 saturated carbocycles. The first-order valence-electron chi connectivity index (χ1n) is 9.32. The van der Waals surface area contributed by atoms with Crippen LogP contribution in [0.1, 0.15) is 30.6 Å². The summed E-state index contributed by atoms with van der Waals surface area (Å²) in [5, 5.41) is 8.08. The smallest absolute Gasteiger partial charge is 0.191 e. The third-order valence-electron chi connectivity index (χ3n) is 4.58. The zero-order chi connectivity index (χ0) is 18.8. The predicted octanol–water partition coefficient (Wildman–Crippen LogP) is 3.95. The summed E-state index contributed by atoms with van der Waals surface area (Å²) in [6.07, 6.45) is 6.38. The number of hydrogen-bond donors (Lipinski definition) is 2. The Morgan fingerprint density at radius 1 is 1.46 bits per heavy atom. The van der Waals surface area contributed by atoms with Gasteiger partial charge in [-0.15, -0.1) is 6.58 Å². The lowest BCUT2D eigenvalue weighted by Crippen LogP contribution is -2.48. The van der Waals surface area contributed by atoms with E-state index in [-0.39, 0.29) is 0 Å². The van der Waals surface area contributed by atoms with Crippen molar-refractivity contribution in [2.75, 3.05) is 39.0 Å². The third-order valence-corrected chi connectivity index (χ3v) is 5.81. The van der Waals surface area contributed by atoms with E-state index in [4.69, 9.17) is 16.6 Å². The Labute approximate surface area is 167 Å². The summed E-state index contributed by atoms with van der Waals surface area (Å²) in [6, 6.07) is 8.56. The largest absolute Gasteiger partial charge is 0.357 e. The molecule has 0 bridgehead atoms. The highest BCUT2D eigenvalue weighted by molar-refractivity contribution is 7.98. The highest BCUT2D eigenvalue weighted by atomic mass is 35.5. The number of thioether (sulfide) groups is 1. The van der Waals surface area contributed by atoms with Gasteiger partial charge in [0.25, 0.3) is 0 Å². The number of guanidine groups is 1. The molecule has 1 unspecified atom stereocenters. The normalized spacial score (nSPS) is 17.7. The lowest BCUT2D eigenvalue weighted by molar-refractivity contribution is 0.225. The van der Waals surface area contributed by atoms with Crippen molar-refractivity contribution < 1.29 is 0 Å². The molecule has 144 valence electrons. The standard InChI is InChI=1S/C20H31ClN4S/c1-4-11-25-12-9-18(10-13-25)24-20(22-5-2)23-15-19(26-3)16-7-6-8-17(21)14-16/h4,6-8,14,18-19H,1,5,9-13,15H2,2-3H3,(H2,22,23,24). The first-order chi connectivity index (χ1) is 12.7. The quantitative estimate of drug-likeness (QED) is 0.398. The van der Waals surface area contributed by atoms with Gasteiger partial charge < -0.3 is 10.6 Å². The van der Waals surface area contributed by atoms with E-state index in [1.807, 2.05) is 24.3 Å². The Morgan fingerprint density at radius 3 is 2.85 bits per heavy atom. The molecule has 4 nitrogen and oxygen atoms in total. The Hall–Kier alpha value is -1.17. The summed E-state index contributed by atoms with van der Waals surface area (Å²) in [5.74, 6) is 0.913. The molecule has 0 aromatic heterocycles. The molecule has 1 atom stereocenters. The van der Waals surface area contributed by atoms with Crippen molar-refractivity contribution in [2.45, 2.75) is 31.1 Å². The molecule has 1 fully saturated rings. The van der Waals surface area contributed by atoms with Gasteiger partial charge in [0.05, 0.1) is 6.54 Å². The average molecular weight is 395 g/mol. The highest BCUT2D eigenvalue weighted by Crippen LogP contribution is 2.28. The molecule has 1 aliphatic rings. The van der Waals surface area contributed by atoms with E-state index in [0.29, 0.717) is 11.3 Å². The molecule has 6 heteroatoms. The topological polar surface area (TPSA) is 39.7 Å². The molecule has 1 heterocycles. The van der Waals surface area contributed by atoms with E-state index in [1.54, 1.807) is 11.8 Å². The van der Waals surface area contributed by atoms with Crippen LogP contribution in [0.3, 0.4) is 0 Å². The Bertz CT molecular complexity index is 585. The number of benzene rings is 1. The van der Waals surface area contributed by atoms with Gasteiger partial charge in [0, 0.05) is 42.5 Å². The minimum atomic E-state index is 0.304. The fourth-order valence-corrected chi connectivity index (χ4v) is 3.99. The number of hydrogen-bond acceptors (Lipinski definition) is 3. The molecule has 1 saturated heterocycles. The second-order valence-electron chi connectivity index (χ2n) is 6.51. The van der Waals surface area contributed by atoms with Gasteiger partial charge >= 0.3 is 0 Å². The molecule has 1 aromatic carbocycles. The van der Waals surface area contributed by atoms with E-state index in [0.717, 1.165) is 56.5 Å². The van der Waals surface area contributed by atoms with Gasteiger partial charge in [0.1, 0.15) is 0 Å². The molecule has 2 N–H and O–H groups in total. The molecular weight excluding hydrogens is 364 g/mol. The summed E-state index contributed by atoms with van der Waals surface area (Å²) < 4.78 is 0. The zero-order valence-electron chi connectivity index (χ0n) is 15.9. The van der Waals surface area contributed by atoms with Crippen molar-refractivity contribution in [3.8, 4) is 0 Å². The van der Waals surface area contributed by atoms with Crippen LogP contribution in [0.4, 0.5) is 0 Å². The van der Waals surface area contributed by atoms with Gasteiger partial charge in [-0.2, -0.15) is 11.8 Å². The highest BCUT2D eigenvalue weighted by Gasteiger charge is 2.19. The zero-order valence-corrected chi connectivity index (χ0v) is 17.5. The number of rotatable bonds is 8. The summed E-state index contributed by atoms with van der Waals surface area (Å²) in [6.45, 7) is 10.7. The van der Waals surface area contributed by atoms with Crippen molar-refractivity contribution in [3.63, 3.8) is 0 Å². The van der Waals surface area contributed by atoms with Crippen LogP contribution in [0.2, 0.25) is 5.02 Å². The maximum absolute atomic E-state index is 6.14. The lowest BCUT2D eigenvalue weighted by atomic mass is 10.1. The first-order valence-corrected chi connectivity index (χ1v) is 11.0. The van der Waals surface area contributed by atoms with Crippen molar-refractivity contribution >= 4 is 29.3 Å². The van der Waals surface area contributed by atoms with Crippen LogP contribution in [-0.4, -0.2) is 55.9 Å². The lowest BCUT2D eigenvalue weighted by Gasteiger charge is -2.32. The molecule has 0 spiro atoms. The molecule has 0 aliphatic carbocycles. The SMILES string of the molecule is C=CCN1CCC(NC(=NCC(SC)c2cccc(Cl)c2)NCC)CC1. The van der Waals surface area contributed by atoms with Gasteiger partial charge in [0.15, 0.2) is 5.96 Å². The second-order valence-corrected chi connectivity index (χ2v) is 7.98. The van der Waals surface area contributed by atoms with E-state index in [2.05, 4.69) is 41.4 Å². The van der Waals surface area contributed by atoms with Crippen molar-refractivity contribution in [2.24, 2.45) is 4.99 Å². The van der Waals surface area contributed by atoms with Gasteiger partial charge in [-0.1, -0.05) is 29.8 Å². The van der Waals surface area contributed by atoms with Gasteiger partial charge in [-0.05, 0) is 43.7 Å². The van der Waals surface area contributed by atoms with Crippen molar-refractivity contribution in [1.82, 2.24) is 15.5 Å². The molecule has 26 heavy (non-hydrogen) atoms. The van der Waals surface area contributed by atoms with Crippen LogP contribution in [0.5, 0.6) is 0 Å². The van der Waals surface area contributed by atoms with Gasteiger partial charge in [0.2, 0.25) is 0 Å². The monoisotopic (exact) mass is 394 g/mol. The minimum Gasteiger partial charge on any atom is -0.357 e. The Balaban J connectivity index is 1.94. The summed E-state index contributed by atoms with van der Waals surface area (Å²) in [4.78, 5) is 7.28. The number of halogens is 1. The van der Waals surface area contributed by atoms with E-state index in [1.165, 1.54) is 5.56 Å². The van der Waals surface area contributed by atoms with Crippen molar-refractivity contribution in [1.29, 1.82) is 0 Å². The van der Waals surface area contributed by atoms with Crippen LogP contribution in [0.25, 0.3) is 0 Å². The molecule has 2 rings (SSSR count). The van der Waals surface area contributed by atoms with E-state index >= 15 is 0 Å². The number of aliphatic imine (C=N–C) groups is 1. The fourth-order valence-electron chi connectivity index (χ4n) is 3.15. The van der Waals surface area contributed by atoms with Crippen LogP contribution in [0.15, 0.2) is 41.9 Å². The molecule has 0 amide bonds. The van der Waals surface area contributed by atoms with Crippen LogP contribution in [0, 0.1) is 0 Å². The predicted molar refractivity (Wildman–Crippen MR) is 116 cm³/mol. The number of likely N-dealkylation sites (tertiary alicyclic amines) is 1. The third kappa shape index (κ3) is 6.86. The first kappa shape index (κ1) is 21.1. The van der Waals surface area contributed by atoms with E-state index in [9.17, 15) is 0 Å². The van der Waals surface area contributed by atoms with Crippen LogP contribution < -0.4 is 10.6 Å². The molecule has 1 aliphatic heterocycles. The fraction of sp³-hybridized carbons (Fsp3) is 0.550. The molecule has 0 radical (unpaired) electrons. The molecular formula is C20H31ClN4S. The Morgan fingerprint density at radius 2 is 2.23 bits per heavy atom. The Kier molecular flexibility index (Phi) is 9.37. The maximum atomic E-state index is 6.14. The minimum absolute atomic E-state index is 0.304. The van der Waals surface area contributed by atoms with Crippen LogP contribution in [-0.2, 0) is 0 Å². The summed E-state index contributed by atoms with van der Waals surface area (Å²) in [5.41, 5.74) is 1.22. The molecule has 1 aromatic rings. The van der Waals surface area contributed by atoms with Gasteiger partial charge in [-0.25, -0.2) is 0 Å². The van der Waals surface area contributed by atoms with Gasteiger partial charge in [-0.3, -0.25) is 9.89 Å². The average Bonchev–Trinajstić information content (AvgIpc) is 2.64. The van der Waals surface area contributed by atoms with Crippen LogP contribution >= 0.6 is 23.4 Å². The summed E-state index contributed by atoms with van der Waals surface area (Å²) >= 11 is 7.95. The number of piperidine rings is 1. The van der Waals surface area contributed by atoms with E-state index < -0.39 is 0 Å². The number of nitrogens with one attached hydrogen (secondary N) is 2. The number of nitrogens with zero attached hydrogens (tertiary/aromatic N) is 2. The maximum Gasteiger partial charge on any atom is 0.191 e. The second kappa shape index (κ2) is 11.5.